The largest absolute Gasteiger partial charge is 0.357 e. The number of guanidine groups is 1. The van der Waals surface area contributed by atoms with Crippen molar-refractivity contribution in [1.29, 1.82) is 0 Å². The molecule has 1 aliphatic heterocycles. The quantitative estimate of drug-likeness (QED) is 0.204. The summed E-state index contributed by atoms with van der Waals surface area (Å²) in [5.41, 5.74) is 0. The number of amides is 1. The second-order valence-electron chi connectivity index (χ2n) is 5.43. The molecule has 0 atom stereocenters. The Balaban J connectivity index is 0.00000441. The lowest BCUT2D eigenvalue weighted by molar-refractivity contribution is -0.127. The molecule has 1 aliphatic rings. The van der Waals surface area contributed by atoms with Crippen LogP contribution in [0.5, 0.6) is 0 Å². The smallest absolute Gasteiger partial charge is 0.222 e. The number of nitrogens with one attached hydrogen (secondary N) is 1. The molecule has 0 bridgehead atoms. The van der Waals surface area contributed by atoms with Crippen molar-refractivity contribution < 1.29 is 4.79 Å². The monoisotopic (exact) mass is 422 g/mol. The summed E-state index contributed by atoms with van der Waals surface area (Å²) in [4.78, 5) is 20.3. The molecule has 6 heteroatoms. The standard InChI is InChI=1S/C16H30N4O.HI/c1-4-6-7-12-19(3)16(17-5-2)18-11-9-14-20-13-8-10-15(20)21;/h4H,1,5-14H2,2-3H3,(H,17,18);1H. The maximum Gasteiger partial charge on any atom is 0.222 e. The minimum atomic E-state index is 0. The Morgan fingerprint density at radius 2 is 2.27 bits per heavy atom. The minimum Gasteiger partial charge on any atom is -0.357 e. The molecule has 1 fully saturated rings. The third-order valence-electron chi connectivity index (χ3n) is 3.62. The first-order chi connectivity index (χ1) is 10.2. The highest BCUT2D eigenvalue weighted by molar-refractivity contribution is 14.0. The van der Waals surface area contributed by atoms with Gasteiger partial charge >= 0.3 is 0 Å². The topological polar surface area (TPSA) is 47.9 Å². The fraction of sp³-hybridized carbons (Fsp3) is 0.750. The van der Waals surface area contributed by atoms with E-state index in [9.17, 15) is 4.79 Å². The number of hydrogen-bond donors (Lipinski definition) is 1. The van der Waals surface area contributed by atoms with Crippen molar-refractivity contribution in [3.63, 3.8) is 0 Å². The highest BCUT2D eigenvalue weighted by Gasteiger charge is 2.18. The average molecular weight is 422 g/mol. The Morgan fingerprint density at radius 3 is 2.86 bits per heavy atom. The molecule has 128 valence electrons. The number of allylic oxidation sites excluding steroid dienone is 1. The number of unbranched alkanes of at least 4 members (excludes halogenated alkanes) is 1. The van der Waals surface area contributed by atoms with Gasteiger partial charge in [0.1, 0.15) is 0 Å². The van der Waals surface area contributed by atoms with Crippen LogP contribution in [0, 0.1) is 0 Å². The molecule has 1 rings (SSSR count). The number of carbonyl (C=O) groups is 1. The highest BCUT2D eigenvalue weighted by Crippen LogP contribution is 2.09. The first kappa shape index (κ1) is 21.2. The summed E-state index contributed by atoms with van der Waals surface area (Å²) in [7, 11) is 2.06. The van der Waals surface area contributed by atoms with Crippen molar-refractivity contribution in [2.45, 2.75) is 39.0 Å². The zero-order valence-electron chi connectivity index (χ0n) is 14.0. The predicted molar refractivity (Wildman–Crippen MR) is 104 cm³/mol. The summed E-state index contributed by atoms with van der Waals surface area (Å²) >= 11 is 0. The van der Waals surface area contributed by atoms with Crippen LogP contribution in [-0.4, -0.2) is 61.4 Å². The molecule has 1 saturated heterocycles. The zero-order valence-corrected chi connectivity index (χ0v) is 16.3. The number of hydrogen-bond acceptors (Lipinski definition) is 2. The average Bonchev–Trinajstić information content (AvgIpc) is 2.88. The van der Waals surface area contributed by atoms with Gasteiger partial charge in [0.15, 0.2) is 5.96 Å². The molecule has 0 aliphatic carbocycles. The van der Waals surface area contributed by atoms with Crippen LogP contribution in [0.1, 0.15) is 39.0 Å². The van der Waals surface area contributed by atoms with Gasteiger partial charge in [-0.3, -0.25) is 9.79 Å². The summed E-state index contributed by atoms with van der Waals surface area (Å²) in [5.74, 6) is 1.25. The number of nitrogens with zero attached hydrogens (tertiary/aromatic N) is 3. The Morgan fingerprint density at radius 1 is 1.50 bits per heavy atom. The molecule has 0 spiro atoms. The zero-order chi connectivity index (χ0) is 15.5. The van der Waals surface area contributed by atoms with Crippen molar-refractivity contribution >= 4 is 35.8 Å². The van der Waals surface area contributed by atoms with Crippen LogP contribution >= 0.6 is 24.0 Å². The molecule has 5 nitrogen and oxygen atoms in total. The molecule has 1 N–H and O–H groups in total. The van der Waals surface area contributed by atoms with E-state index < -0.39 is 0 Å². The molecule has 0 radical (unpaired) electrons. The molecule has 0 aromatic carbocycles. The van der Waals surface area contributed by atoms with E-state index in [1.807, 2.05) is 11.0 Å². The van der Waals surface area contributed by atoms with Crippen molar-refractivity contribution in [2.75, 3.05) is 39.8 Å². The van der Waals surface area contributed by atoms with Gasteiger partial charge in [0, 0.05) is 46.2 Å². The minimum absolute atomic E-state index is 0. The fourth-order valence-electron chi connectivity index (χ4n) is 2.44. The molecule has 1 heterocycles. The molecular weight excluding hydrogens is 391 g/mol. The van der Waals surface area contributed by atoms with E-state index in [-0.39, 0.29) is 24.0 Å². The lowest BCUT2D eigenvalue weighted by Crippen LogP contribution is -2.39. The van der Waals surface area contributed by atoms with E-state index in [4.69, 9.17) is 0 Å². The molecule has 0 aromatic heterocycles. The van der Waals surface area contributed by atoms with E-state index in [0.717, 1.165) is 70.8 Å². The molecule has 0 unspecified atom stereocenters. The summed E-state index contributed by atoms with van der Waals surface area (Å²) in [6, 6.07) is 0. The van der Waals surface area contributed by atoms with Gasteiger partial charge in [0.2, 0.25) is 5.91 Å². The van der Waals surface area contributed by atoms with Gasteiger partial charge in [-0.25, -0.2) is 0 Å². The van der Waals surface area contributed by atoms with Crippen LogP contribution in [0.15, 0.2) is 17.6 Å². The lowest BCUT2D eigenvalue weighted by atomic mass is 10.3. The van der Waals surface area contributed by atoms with E-state index in [0.29, 0.717) is 5.91 Å². The van der Waals surface area contributed by atoms with Crippen LogP contribution in [0.2, 0.25) is 0 Å². The van der Waals surface area contributed by atoms with Gasteiger partial charge in [-0.05, 0) is 32.6 Å². The number of carbonyl (C=O) groups excluding carboxylic acids is 1. The highest BCUT2D eigenvalue weighted by atomic mass is 127. The van der Waals surface area contributed by atoms with Crippen LogP contribution in [-0.2, 0) is 4.79 Å². The van der Waals surface area contributed by atoms with Gasteiger partial charge in [-0.2, -0.15) is 0 Å². The SMILES string of the molecule is C=CCCCN(C)C(=NCCCN1CCCC1=O)NCC.I. The Hall–Kier alpha value is -0.790. The second-order valence-corrected chi connectivity index (χ2v) is 5.43. The maximum atomic E-state index is 11.5. The maximum absolute atomic E-state index is 11.5. The van der Waals surface area contributed by atoms with E-state index >= 15 is 0 Å². The number of rotatable bonds is 9. The third kappa shape index (κ3) is 8.00. The summed E-state index contributed by atoms with van der Waals surface area (Å²) in [6.07, 6.45) is 6.73. The fourth-order valence-corrected chi connectivity index (χ4v) is 2.44. The van der Waals surface area contributed by atoms with Crippen molar-refractivity contribution in [2.24, 2.45) is 4.99 Å². The van der Waals surface area contributed by atoms with Crippen LogP contribution in [0.4, 0.5) is 0 Å². The van der Waals surface area contributed by atoms with Gasteiger partial charge in [0.05, 0.1) is 0 Å². The van der Waals surface area contributed by atoms with E-state index in [2.05, 4.69) is 35.8 Å². The summed E-state index contributed by atoms with van der Waals surface area (Å²) in [5, 5.41) is 3.32. The van der Waals surface area contributed by atoms with Gasteiger partial charge in [0.25, 0.3) is 0 Å². The Kier molecular flexibility index (Phi) is 12.3. The third-order valence-corrected chi connectivity index (χ3v) is 3.62. The molecule has 0 aromatic rings. The van der Waals surface area contributed by atoms with Gasteiger partial charge < -0.3 is 15.1 Å². The summed E-state index contributed by atoms with van der Waals surface area (Å²) < 4.78 is 0. The first-order valence-corrected chi connectivity index (χ1v) is 8.07. The van der Waals surface area contributed by atoms with Gasteiger partial charge in [-0.1, -0.05) is 6.08 Å². The van der Waals surface area contributed by atoms with Crippen LogP contribution < -0.4 is 5.32 Å². The van der Waals surface area contributed by atoms with Crippen molar-refractivity contribution in [3.8, 4) is 0 Å². The second kappa shape index (κ2) is 12.7. The van der Waals surface area contributed by atoms with Gasteiger partial charge in [-0.15, -0.1) is 30.6 Å². The predicted octanol–water partition coefficient (Wildman–Crippen LogP) is 2.48. The molecular formula is C16H31IN4O. The lowest BCUT2D eigenvalue weighted by Gasteiger charge is -2.22. The normalized spacial score (nSPS) is 14.7. The molecule has 1 amide bonds. The number of halogens is 1. The number of likely N-dealkylation sites (tertiary alicyclic amines) is 1. The van der Waals surface area contributed by atoms with E-state index in [1.165, 1.54) is 0 Å². The van der Waals surface area contributed by atoms with Crippen LogP contribution in [0.25, 0.3) is 0 Å². The first-order valence-electron chi connectivity index (χ1n) is 8.07. The molecule has 22 heavy (non-hydrogen) atoms. The Labute approximate surface area is 152 Å². The van der Waals surface area contributed by atoms with Crippen LogP contribution in [0.3, 0.4) is 0 Å². The number of aliphatic imine (C=N–C) groups is 1. The Bertz CT molecular complexity index is 360. The van der Waals surface area contributed by atoms with Crippen molar-refractivity contribution in [1.82, 2.24) is 15.1 Å². The van der Waals surface area contributed by atoms with E-state index in [1.54, 1.807) is 0 Å². The summed E-state index contributed by atoms with van der Waals surface area (Å²) in [6.45, 7) is 10.2. The molecule has 0 saturated carbocycles. The van der Waals surface area contributed by atoms with Crippen molar-refractivity contribution in [3.05, 3.63) is 12.7 Å².